The van der Waals surface area contributed by atoms with Gasteiger partial charge in [-0.25, -0.2) is 0 Å². The van der Waals surface area contributed by atoms with Crippen molar-refractivity contribution >= 4 is 35.6 Å². The van der Waals surface area contributed by atoms with Gasteiger partial charge in [0.1, 0.15) is 0 Å². The minimum Gasteiger partial charge on any atom is -0.493 e. The molecule has 2 aliphatic rings. The Kier molecular flexibility index (Phi) is 6.60. The average Bonchev–Trinajstić information content (AvgIpc) is 3.46. The van der Waals surface area contributed by atoms with E-state index in [9.17, 15) is 0 Å². The van der Waals surface area contributed by atoms with Crippen LogP contribution in [0.4, 0.5) is 5.69 Å². The van der Waals surface area contributed by atoms with Gasteiger partial charge in [-0.3, -0.25) is 4.99 Å². The molecule has 0 amide bonds. The van der Waals surface area contributed by atoms with Gasteiger partial charge in [0, 0.05) is 24.8 Å². The largest absolute Gasteiger partial charge is 0.493 e. The topological polar surface area (TPSA) is 54.9 Å². The molecule has 134 valence electrons. The van der Waals surface area contributed by atoms with E-state index in [-0.39, 0.29) is 24.0 Å². The summed E-state index contributed by atoms with van der Waals surface area (Å²) in [6, 6.07) is 5.80. The van der Waals surface area contributed by atoms with Crippen LogP contribution in [0.1, 0.15) is 32.6 Å². The molecule has 0 aromatic heterocycles. The standard InChI is InChI=1S/C18H27N3O2.HI/c1-4-19-17(20-12-18(9-10-18)13-5-6-13)21-14-7-8-15(22-2)16(11-14)23-3;/h7-8,11,13H,4-6,9-10,12H2,1-3H3,(H2,19,20,21);1H. The van der Waals surface area contributed by atoms with Crippen molar-refractivity contribution in [3.05, 3.63) is 18.2 Å². The number of nitrogens with one attached hydrogen (secondary N) is 2. The first-order valence-corrected chi connectivity index (χ1v) is 8.48. The first kappa shape index (κ1) is 19.1. The van der Waals surface area contributed by atoms with Gasteiger partial charge in [0.15, 0.2) is 17.5 Å². The fourth-order valence-corrected chi connectivity index (χ4v) is 3.15. The zero-order chi connectivity index (χ0) is 16.3. The van der Waals surface area contributed by atoms with Crippen molar-refractivity contribution < 1.29 is 9.47 Å². The molecule has 0 radical (unpaired) electrons. The van der Waals surface area contributed by atoms with Crippen LogP contribution in [0, 0.1) is 11.3 Å². The second-order valence-corrected chi connectivity index (χ2v) is 6.53. The van der Waals surface area contributed by atoms with Crippen molar-refractivity contribution in [3.63, 3.8) is 0 Å². The molecule has 0 unspecified atom stereocenters. The summed E-state index contributed by atoms with van der Waals surface area (Å²) in [7, 11) is 3.29. The molecule has 0 heterocycles. The number of benzene rings is 1. The molecule has 2 fully saturated rings. The summed E-state index contributed by atoms with van der Waals surface area (Å²) >= 11 is 0. The summed E-state index contributed by atoms with van der Waals surface area (Å²) in [4.78, 5) is 4.82. The van der Waals surface area contributed by atoms with Crippen LogP contribution in [-0.4, -0.2) is 33.3 Å². The smallest absolute Gasteiger partial charge is 0.195 e. The number of ether oxygens (including phenoxy) is 2. The Morgan fingerprint density at radius 1 is 1.21 bits per heavy atom. The highest BCUT2D eigenvalue weighted by atomic mass is 127. The van der Waals surface area contributed by atoms with E-state index in [1.165, 1.54) is 25.7 Å². The molecule has 1 aromatic rings. The third-order valence-corrected chi connectivity index (χ3v) is 4.88. The van der Waals surface area contributed by atoms with Crippen molar-refractivity contribution in [2.45, 2.75) is 32.6 Å². The molecular formula is C18H28IN3O2. The molecule has 3 rings (SSSR count). The van der Waals surface area contributed by atoms with E-state index >= 15 is 0 Å². The average molecular weight is 445 g/mol. The monoisotopic (exact) mass is 445 g/mol. The summed E-state index contributed by atoms with van der Waals surface area (Å²) in [5.41, 5.74) is 1.46. The van der Waals surface area contributed by atoms with Crippen LogP contribution in [0.25, 0.3) is 0 Å². The van der Waals surface area contributed by atoms with E-state index in [1.54, 1.807) is 14.2 Å². The summed E-state index contributed by atoms with van der Waals surface area (Å²) in [5.74, 6) is 3.21. The van der Waals surface area contributed by atoms with Gasteiger partial charge in [0.05, 0.1) is 14.2 Å². The van der Waals surface area contributed by atoms with Gasteiger partial charge in [0.25, 0.3) is 0 Å². The Labute approximate surface area is 161 Å². The Balaban J connectivity index is 0.00000208. The lowest BCUT2D eigenvalue weighted by molar-refractivity contribution is 0.355. The molecule has 5 nitrogen and oxygen atoms in total. The van der Waals surface area contributed by atoms with Gasteiger partial charge in [-0.1, -0.05) is 0 Å². The number of halogens is 1. The van der Waals surface area contributed by atoms with Crippen LogP contribution in [0.2, 0.25) is 0 Å². The molecular weight excluding hydrogens is 417 g/mol. The lowest BCUT2D eigenvalue weighted by Crippen LogP contribution is -2.31. The van der Waals surface area contributed by atoms with E-state index in [4.69, 9.17) is 14.5 Å². The molecule has 0 aliphatic heterocycles. The Bertz CT molecular complexity index is 584. The highest BCUT2D eigenvalue weighted by Crippen LogP contribution is 2.61. The normalized spacial score (nSPS) is 18.4. The number of guanidine groups is 1. The van der Waals surface area contributed by atoms with Crippen LogP contribution in [0.3, 0.4) is 0 Å². The van der Waals surface area contributed by atoms with Gasteiger partial charge < -0.3 is 20.1 Å². The molecule has 24 heavy (non-hydrogen) atoms. The van der Waals surface area contributed by atoms with Gasteiger partial charge in [0.2, 0.25) is 0 Å². The summed E-state index contributed by atoms with van der Waals surface area (Å²) in [6.07, 6.45) is 5.48. The van der Waals surface area contributed by atoms with E-state index in [2.05, 4.69) is 17.6 Å². The lowest BCUT2D eigenvalue weighted by atomic mass is 10.0. The zero-order valence-corrected chi connectivity index (χ0v) is 17.1. The third kappa shape index (κ3) is 4.46. The van der Waals surface area contributed by atoms with Gasteiger partial charge in [-0.2, -0.15) is 0 Å². The van der Waals surface area contributed by atoms with Crippen LogP contribution in [-0.2, 0) is 0 Å². The maximum Gasteiger partial charge on any atom is 0.195 e. The van der Waals surface area contributed by atoms with E-state index in [0.29, 0.717) is 11.2 Å². The number of hydrogen-bond donors (Lipinski definition) is 2. The van der Waals surface area contributed by atoms with Crippen LogP contribution >= 0.6 is 24.0 Å². The number of nitrogens with zero attached hydrogens (tertiary/aromatic N) is 1. The van der Waals surface area contributed by atoms with E-state index in [1.807, 2.05) is 18.2 Å². The van der Waals surface area contributed by atoms with E-state index in [0.717, 1.165) is 36.4 Å². The lowest BCUT2D eigenvalue weighted by Gasteiger charge is -2.16. The van der Waals surface area contributed by atoms with Gasteiger partial charge in [-0.05, 0) is 56.1 Å². The summed E-state index contributed by atoms with van der Waals surface area (Å²) in [6.45, 7) is 3.86. The van der Waals surface area contributed by atoms with Gasteiger partial charge >= 0.3 is 0 Å². The second kappa shape index (κ2) is 8.27. The number of rotatable bonds is 7. The Hall–Kier alpha value is -1.18. The number of aliphatic imine (C=N–C) groups is 1. The summed E-state index contributed by atoms with van der Waals surface area (Å²) < 4.78 is 10.6. The molecule has 0 atom stereocenters. The number of hydrogen-bond acceptors (Lipinski definition) is 3. The molecule has 0 spiro atoms. The molecule has 0 bridgehead atoms. The van der Waals surface area contributed by atoms with Gasteiger partial charge in [-0.15, -0.1) is 24.0 Å². The third-order valence-electron chi connectivity index (χ3n) is 4.88. The molecule has 1 aromatic carbocycles. The molecule has 2 aliphatic carbocycles. The van der Waals surface area contributed by atoms with Crippen molar-refractivity contribution in [3.8, 4) is 11.5 Å². The van der Waals surface area contributed by atoms with Crippen LogP contribution in [0.15, 0.2) is 23.2 Å². The van der Waals surface area contributed by atoms with Crippen molar-refractivity contribution in [1.82, 2.24) is 5.32 Å². The predicted molar refractivity (Wildman–Crippen MR) is 109 cm³/mol. The number of anilines is 1. The van der Waals surface area contributed by atoms with E-state index < -0.39 is 0 Å². The van der Waals surface area contributed by atoms with Crippen LogP contribution in [0.5, 0.6) is 11.5 Å². The van der Waals surface area contributed by atoms with Crippen molar-refractivity contribution in [2.24, 2.45) is 16.3 Å². The maximum absolute atomic E-state index is 5.36. The highest BCUT2D eigenvalue weighted by molar-refractivity contribution is 14.0. The SMILES string of the molecule is CCNC(=NCC1(C2CC2)CC1)Nc1ccc(OC)c(OC)c1.I. The van der Waals surface area contributed by atoms with Crippen molar-refractivity contribution in [2.75, 3.05) is 32.6 Å². The Morgan fingerprint density at radius 2 is 1.92 bits per heavy atom. The number of methoxy groups -OCH3 is 2. The second-order valence-electron chi connectivity index (χ2n) is 6.53. The molecule has 2 saturated carbocycles. The molecule has 2 N–H and O–H groups in total. The van der Waals surface area contributed by atoms with Crippen LogP contribution < -0.4 is 20.1 Å². The zero-order valence-electron chi connectivity index (χ0n) is 14.7. The molecule has 6 heteroatoms. The highest BCUT2D eigenvalue weighted by Gasteiger charge is 2.53. The maximum atomic E-state index is 5.36. The minimum absolute atomic E-state index is 0. The fraction of sp³-hybridized carbons (Fsp3) is 0.611. The fourth-order valence-electron chi connectivity index (χ4n) is 3.15. The molecule has 0 saturated heterocycles. The van der Waals surface area contributed by atoms with Crippen molar-refractivity contribution in [1.29, 1.82) is 0 Å². The quantitative estimate of drug-likeness (QED) is 0.380. The first-order chi connectivity index (χ1) is 11.2. The Morgan fingerprint density at radius 3 is 2.46 bits per heavy atom. The first-order valence-electron chi connectivity index (χ1n) is 8.48. The summed E-state index contributed by atoms with van der Waals surface area (Å²) in [5, 5.41) is 6.69. The predicted octanol–water partition coefficient (Wildman–Crippen LogP) is 3.89. The minimum atomic E-state index is 0.